The zero-order valence-electron chi connectivity index (χ0n) is 15.3. The number of rotatable bonds is 3. The van der Waals surface area contributed by atoms with Crippen molar-refractivity contribution in [3.05, 3.63) is 51.8 Å². The fourth-order valence-electron chi connectivity index (χ4n) is 4.35. The van der Waals surface area contributed by atoms with Crippen LogP contribution in [0.3, 0.4) is 0 Å². The number of piperidine rings is 1. The minimum atomic E-state index is -0.177. The van der Waals surface area contributed by atoms with Crippen LogP contribution < -0.4 is 10.9 Å². The molecule has 2 amide bonds. The highest BCUT2D eigenvalue weighted by Gasteiger charge is 2.42. The molecule has 0 saturated carbocycles. The Labute approximate surface area is 156 Å². The Morgan fingerprint density at radius 1 is 1.33 bits per heavy atom. The Kier molecular flexibility index (Phi) is 4.33. The molecule has 4 rings (SSSR count). The fourth-order valence-corrected chi connectivity index (χ4v) is 4.35. The van der Waals surface area contributed by atoms with Crippen molar-refractivity contribution in [1.29, 1.82) is 0 Å². The second-order valence-corrected chi connectivity index (χ2v) is 7.39. The van der Waals surface area contributed by atoms with Gasteiger partial charge in [-0.3, -0.25) is 14.4 Å². The third-order valence-electron chi connectivity index (χ3n) is 5.49. The van der Waals surface area contributed by atoms with Gasteiger partial charge in [-0.05, 0) is 25.3 Å². The highest BCUT2D eigenvalue weighted by atomic mass is 16.5. The van der Waals surface area contributed by atoms with Gasteiger partial charge >= 0.3 is 0 Å². The van der Waals surface area contributed by atoms with E-state index in [1.807, 2.05) is 6.07 Å². The van der Waals surface area contributed by atoms with E-state index in [1.54, 1.807) is 34.6 Å². The zero-order chi connectivity index (χ0) is 19.1. The smallest absolute Gasteiger partial charge is 0.276 e. The summed E-state index contributed by atoms with van der Waals surface area (Å²) in [6, 6.07) is 6.71. The van der Waals surface area contributed by atoms with Gasteiger partial charge in [0.1, 0.15) is 5.76 Å². The third-order valence-corrected chi connectivity index (χ3v) is 5.49. The molecule has 0 aromatic carbocycles. The second kappa shape index (κ2) is 6.68. The molecule has 8 heteroatoms. The van der Waals surface area contributed by atoms with E-state index in [2.05, 4.69) is 10.5 Å². The first kappa shape index (κ1) is 17.5. The average Bonchev–Trinajstić information content (AvgIpc) is 3.07. The lowest BCUT2D eigenvalue weighted by Gasteiger charge is -2.46. The number of carbonyl (C=O) groups excluding carboxylic acids is 2. The highest BCUT2D eigenvalue weighted by Crippen LogP contribution is 2.41. The van der Waals surface area contributed by atoms with E-state index in [4.69, 9.17) is 4.52 Å². The van der Waals surface area contributed by atoms with Crippen molar-refractivity contribution in [2.45, 2.75) is 32.2 Å². The van der Waals surface area contributed by atoms with Gasteiger partial charge in [0.25, 0.3) is 11.5 Å². The monoisotopic (exact) mass is 370 g/mol. The summed E-state index contributed by atoms with van der Waals surface area (Å²) in [6.45, 7) is 4.64. The van der Waals surface area contributed by atoms with Gasteiger partial charge in [0.05, 0.1) is 6.04 Å². The average molecular weight is 370 g/mol. The van der Waals surface area contributed by atoms with Gasteiger partial charge in [0, 0.05) is 50.3 Å². The fraction of sp³-hybridized carbons (Fsp3) is 0.474. The van der Waals surface area contributed by atoms with Gasteiger partial charge in [-0.1, -0.05) is 11.2 Å². The zero-order valence-corrected chi connectivity index (χ0v) is 15.3. The van der Waals surface area contributed by atoms with Gasteiger partial charge in [-0.15, -0.1) is 0 Å². The molecule has 4 heterocycles. The number of aryl methyl sites for hydroxylation is 1. The lowest BCUT2D eigenvalue weighted by atomic mass is 9.78. The third kappa shape index (κ3) is 3.15. The molecule has 1 fully saturated rings. The van der Waals surface area contributed by atoms with Crippen LogP contribution >= 0.6 is 0 Å². The maximum absolute atomic E-state index is 12.9. The Bertz CT molecular complexity index is 947. The molecule has 1 N–H and O–H groups in total. The van der Waals surface area contributed by atoms with Crippen molar-refractivity contribution in [3.8, 4) is 0 Å². The lowest BCUT2D eigenvalue weighted by molar-refractivity contribution is -0.119. The summed E-state index contributed by atoms with van der Waals surface area (Å²) in [6.07, 6.45) is 0.884. The van der Waals surface area contributed by atoms with Crippen LogP contribution in [0.15, 0.2) is 33.6 Å². The van der Waals surface area contributed by atoms with E-state index in [0.717, 1.165) is 12.1 Å². The minimum Gasteiger partial charge on any atom is -0.361 e. The van der Waals surface area contributed by atoms with E-state index in [9.17, 15) is 14.4 Å². The molecule has 142 valence electrons. The number of carbonyl (C=O) groups is 2. The molecule has 0 radical (unpaired) electrons. The summed E-state index contributed by atoms with van der Waals surface area (Å²) >= 11 is 0. The van der Waals surface area contributed by atoms with Crippen molar-refractivity contribution in [2.24, 2.45) is 5.92 Å². The molecule has 1 saturated heterocycles. The SMILES string of the molecule is CC(=O)NC[C@H]1[C@H]2C[C@H](CN(C(=O)c3cc(C)on3)C2)c2cccc(=O)n21. The van der Waals surface area contributed by atoms with Crippen molar-refractivity contribution >= 4 is 11.8 Å². The van der Waals surface area contributed by atoms with E-state index in [1.165, 1.54) is 6.92 Å². The van der Waals surface area contributed by atoms with Gasteiger partial charge in [0.15, 0.2) is 5.69 Å². The first-order valence-electron chi connectivity index (χ1n) is 9.12. The van der Waals surface area contributed by atoms with Gasteiger partial charge < -0.3 is 19.3 Å². The second-order valence-electron chi connectivity index (χ2n) is 7.39. The van der Waals surface area contributed by atoms with Crippen LogP contribution in [0.2, 0.25) is 0 Å². The number of nitrogens with one attached hydrogen (secondary N) is 1. The quantitative estimate of drug-likeness (QED) is 0.872. The van der Waals surface area contributed by atoms with E-state index < -0.39 is 0 Å². The Morgan fingerprint density at radius 2 is 2.15 bits per heavy atom. The van der Waals surface area contributed by atoms with Crippen LogP contribution in [-0.4, -0.2) is 46.1 Å². The summed E-state index contributed by atoms with van der Waals surface area (Å²) in [5.41, 5.74) is 1.16. The number of nitrogens with zero attached hydrogens (tertiary/aromatic N) is 3. The number of hydrogen-bond acceptors (Lipinski definition) is 5. The standard InChI is InChI=1S/C19H22N4O4/c1-11-6-15(21-27-11)19(26)22-9-13-7-14(10-22)17(8-20-12(2)24)23-16(13)4-3-5-18(23)25/h3-6,13-14,17H,7-10H2,1-2H3,(H,20,24)/t13-,14+,17+/m1/s1. The molecule has 8 nitrogen and oxygen atoms in total. The first-order valence-corrected chi connectivity index (χ1v) is 9.12. The number of hydrogen-bond donors (Lipinski definition) is 1. The normalized spacial score (nSPS) is 23.6. The molecule has 0 spiro atoms. The van der Waals surface area contributed by atoms with Crippen molar-refractivity contribution < 1.29 is 14.1 Å². The minimum absolute atomic E-state index is 0.0653. The molecule has 0 unspecified atom stereocenters. The molecule has 2 aromatic heterocycles. The molecular formula is C19H22N4O4. The summed E-state index contributed by atoms with van der Waals surface area (Å²) in [5, 5.41) is 6.68. The van der Waals surface area contributed by atoms with Gasteiger partial charge in [-0.25, -0.2) is 0 Å². The Hall–Kier alpha value is -2.90. The molecular weight excluding hydrogens is 348 g/mol. The van der Waals surface area contributed by atoms with Gasteiger partial charge in [-0.2, -0.15) is 0 Å². The van der Waals surface area contributed by atoms with E-state index >= 15 is 0 Å². The molecule has 0 aliphatic carbocycles. The van der Waals surface area contributed by atoms with Crippen LogP contribution in [0.4, 0.5) is 0 Å². The van der Waals surface area contributed by atoms with Crippen LogP contribution in [0, 0.1) is 12.8 Å². The molecule has 3 atom stereocenters. The van der Waals surface area contributed by atoms with Crippen molar-refractivity contribution in [1.82, 2.24) is 19.9 Å². The molecule has 2 aliphatic rings. The maximum Gasteiger partial charge on any atom is 0.276 e. The summed E-state index contributed by atoms with van der Waals surface area (Å²) < 4.78 is 6.84. The summed E-state index contributed by atoms with van der Waals surface area (Å²) in [5.74, 6) is 0.468. The summed E-state index contributed by atoms with van der Waals surface area (Å²) in [7, 11) is 0. The van der Waals surface area contributed by atoms with Crippen LogP contribution in [-0.2, 0) is 4.79 Å². The van der Waals surface area contributed by atoms with Crippen molar-refractivity contribution in [3.63, 3.8) is 0 Å². The van der Waals surface area contributed by atoms with Crippen molar-refractivity contribution in [2.75, 3.05) is 19.6 Å². The predicted molar refractivity (Wildman–Crippen MR) is 96.4 cm³/mol. The molecule has 27 heavy (non-hydrogen) atoms. The molecule has 2 aromatic rings. The number of amides is 2. The predicted octanol–water partition coefficient (Wildman–Crippen LogP) is 1.08. The topological polar surface area (TPSA) is 97.4 Å². The van der Waals surface area contributed by atoms with Crippen LogP contribution in [0.5, 0.6) is 0 Å². The van der Waals surface area contributed by atoms with E-state index in [0.29, 0.717) is 31.1 Å². The summed E-state index contributed by atoms with van der Waals surface area (Å²) in [4.78, 5) is 38.6. The highest BCUT2D eigenvalue weighted by molar-refractivity contribution is 5.92. The number of fused-ring (bicyclic) bond motifs is 4. The first-order chi connectivity index (χ1) is 12.9. The van der Waals surface area contributed by atoms with Crippen LogP contribution in [0.1, 0.15) is 47.2 Å². The molecule has 2 aliphatic heterocycles. The largest absolute Gasteiger partial charge is 0.361 e. The number of likely N-dealkylation sites (tertiary alicyclic amines) is 1. The maximum atomic E-state index is 12.9. The lowest BCUT2D eigenvalue weighted by Crippen LogP contribution is -2.53. The molecule has 2 bridgehead atoms. The number of pyridine rings is 1. The Balaban J connectivity index is 1.67. The van der Waals surface area contributed by atoms with E-state index in [-0.39, 0.29) is 35.3 Å². The van der Waals surface area contributed by atoms with Gasteiger partial charge in [0.2, 0.25) is 5.91 Å². The van der Waals surface area contributed by atoms with Crippen LogP contribution in [0.25, 0.3) is 0 Å². The number of aromatic nitrogens is 2. The Morgan fingerprint density at radius 3 is 2.85 bits per heavy atom.